The Hall–Kier alpha value is -2.15. The first-order valence-electron chi connectivity index (χ1n) is 7.75. The Balaban J connectivity index is 1.90. The van der Waals surface area contributed by atoms with E-state index in [0.717, 1.165) is 6.42 Å². The predicted molar refractivity (Wildman–Crippen MR) is 78.6 cm³/mol. The summed E-state index contributed by atoms with van der Waals surface area (Å²) in [7, 11) is 0. The minimum atomic E-state index is -0.982. The van der Waals surface area contributed by atoms with E-state index in [9.17, 15) is 14.4 Å². The first-order chi connectivity index (χ1) is 11.0. The fourth-order valence-corrected chi connectivity index (χ4v) is 3.28. The van der Waals surface area contributed by atoms with E-state index in [-0.39, 0.29) is 30.5 Å². The Kier molecular flexibility index (Phi) is 4.21. The summed E-state index contributed by atoms with van der Waals surface area (Å²) in [6.45, 7) is 2.58. The van der Waals surface area contributed by atoms with Crippen LogP contribution in [0.5, 0.6) is 0 Å². The van der Waals surface area contributed by atoms with Gasteiger partial charge in [-0.3, -0.25) is 14.4 Å². The lowest BCUT2D eigenvalue weighted by Gasteiger charge is -2.34. The summed E-state index contributed by atoms with van der Waals surface area (Å²) in [5.74, 6) is -0.605. The number of carboxylic acids is 1. The van der Waals surface area contributed by atoms with Crippen LogP contribution in [0.4, 0.5) is 0 Å². The second-order valence-electron chi connectivity index (χ2n) is 5.96. The molecule has 0 saturated carbocycles. The molecule has 1 fully saturated rings. The molecule has 7 heteroatoms. The molecule has 7 nitrogen and oxygen atoms in total. The fraction of sp³-hybridized carbons (Fsp3) is 0.562. The molecule has 1 aliphatic heterocycles. The Morgan fingerprint density at radius 3 is 2.83 bits per heavy atom. The highest BCUT2D eigenvalue weighted by atomic mass is 16.5. The molecule has 1 unspecified atom stereocenters. The molecule has 1 aromatic heterocycles. The van der Waals surface area contributed by atoms with Crippen LogP contribution >= 0.6 is 0 Å². The molecule has 23 heavy (non-hydrogen) atoms. The summed E-state index contributed by atoms with van der Waals surface area (Å²) in [5.41, 5.74) is 1.10. The zero-order chi connectivity index (χ0) is 16.6. The van der Waals surface area contributed by atoms with Crippen LogP contribution in [0.2, 0.25) is 0 Å². The summed E-state index contributed by atoms with van der Waals surface area (Å²) in [6.07, 6.45) is 1.67. The van der Waals surface area contributed by atoms with Gasteiger partial charge in [0.25, 0.3) is 5.91 Å². The van der Waals surface area contributed by atoms with Crippen molar-refractivity contribution in [2.24, 2.45) is 0 Å². The molecule has 0 spiro atoms. The van der Waals surface area contributed by atoms with E-state index < -0.39 is 12.0 Å². The zero-order valence-corrected chi connectivity index (χ0v) is 13.0. The largest absolute Gasteiger partial charge is 0.481 e. The van der Waals surface area contributed by atoms with E-state index in [1.165, 1.54) is 4.90 Å². The van der Waals surface area contributed by atoms with E-state index in [1.807, 2.05) is 0 Å². The Bertz CT molecular complexity index is 662. The first kappa shape index (κ1) is 15.7. The van der Waals surface area contributed by atoms with Crippen LogP contribution in [0.3, 0.4) is 0 Å². The van der Waals surface area contributed by atoms with Crippen molar-refractivity contribution in [3.8, 4) is 0 Å². The van der Waals surface area contributed by atoms with Gasteiger partial charge in [-0.05, 0) is 13.3 Å². The highest BCUT2D eigenvalue weighted by Crippen LogP contribution is 2.30. The summed E-state index contributed by atoms with van der Waals surface area (Å²) in [4.78, 5) is 37.3. The van der Waals surface area contributed by atoms with Crippen molar-refractivity contribution >= 4 is 17.7 Å². The number of aliphatic carboxylic acids is 1. The number of carbonyl (C=O) groups is 3. The van der Waals surface area contributed by atoms with Crippen molar-refractivity contribution in [1.82, 2.24) is 4.90 Å². The molecule has 0 bridgehead atoms. The topological polar surface area (TPSA) is 97.1 Å². The lowest BCUT2D eigenvalue weighted by molar-refractivity contribution is -0.139. The number of carbonyl (C=O) groups excluding carboxylic acids is 2. The van der Waals surface area contributed by atoms with Gasteiger partial charge in [-0.25, -0.2) is 0 Å². The number of hydrogen-bond acceptors (Lipinski definition) is 5. The summed E-state index contributed by atoms with van der Waals surface area (Å²) < 4.78 is 11.0. The lowest BCUT2D eigenvalue weighted by atomic mass is 9.94. The normalized spacial score (nSPS) is 21.2. The standard InChI is InChI=1S/C16H19NO6/c1-9-14-11(18)3-2-4-12(14)23-15(9)16(21)17-5-6-22-8-10(17)7-13(19)20/h10H,2-8H2,1H3,(H,19,20). The van der Waals surface area contributed by atoms with Crippen LogP contribution in [0.25, 0.3) is 0 Å². The van der Waals surface area contributed by atoms with E-state index in [0.29, 0.717) is 42.9 Å². The second-order valence-corrected chi connectivity index (χ2v) is 5.96. The van der Waals surface area contributed by atoms with Crippen molar-refractivity contribution in [3.63, 3.8) is 0 Å². The summed E-state index contributed by atoms with van der Waals surface area (Å²) in [5, 5.41) is 9.00. The zero-order valence-electron chi connectivity index (χ0n) is 13.0. The average molecular weight is 321 g/mol. The fourth-order valence-electron chi connectivity index (χ4n) is 3.28. The third-order valence-corrected chi connectivity index (χ3v) is 4.40. The van der Waals surface area contributed by atoms with Gasteiger partial charge in [0.15, 0.2) is 11.5 Å². The number of amides is 1. The van der Waals surface area contributed by atoms with Gasteiger partial charge >= 0.3 is 5.97 Å². The molecule has 2 heterocycles. The SMILES string of the molecule is Cc1c(C(=O)N2CCOCC2CC(=O)O)oc2c1C(=O)CCC2. The third-order valence-electron chi connectivity index (χ3n) is 4.40. The van der Waals surface area contributed by atoms with Crippen LogP contribution in [-0.2, 0) is 16.0 Å². The van der Waals surface area contributed by atoms with Crippen LogP contribution in [-0.4, -0.2) is 53.5 Å². The number of furan rings is 1. The quantitative estimate of drug-likeness (QED) is 0.904. The number of ketones is 1. The van der Waals surface area contributed by atoms with Gasteiger partial charge < -0.3 is 19.2 Å². The molecular formula is C16H19NO6. The summed E-state index contributed by atoms with van der Waals surface area (Å²) in [6, 6.07) is -0.522. The molecule has 0 radical (unpaired) electrons. The predicted octanol–water partition coefficient (Wildman–Crippen LogP) is 1.42. The average Bonchev–Trinajstić information content (AvgIpc) is 2.85. The number of morpholine rings is 1. The lowest BCUT2D eigenvalue weighted by Crippen LogP contribution is -2.49. The van der Waals surface area contributed by atoms with Crippen LogP contribution in [0, 0.1) is 6.92 Å². The molecule has 1 saturated heterocycles. The van der Waals surface area contributed by atoms with E-state index in [1.54, 1.807) is 6.92 Å². The summed E-state index contributed by atoms with van der Waals surface area (Å²) >= 11 is 0. The molecule has 1 atom stereocenters. The van der Waals surface area contributed by atoms with Gasteiger partial charge in [0, 0.05) is 24.9 Å². The molecule has 3 rings (SSSR count). The van der Waals surface area contributed by atoms with Gasteiger partial charge in [-0.2, -0.15) is 0 Å². The van der Waals surface area contributed by atoms with Crippen molar-refractivity contribution in [1.29, 1.82) is 0 Å². The number of aryl methyl sites for hydroxylation is 1. The van der Waals surface area contributed by atoms with Gasteiger partial charge in [0.2, 0.25) is 0 Å². The van der Waals surface area contributed by atoms with Gasteiger partial charge in [0.1, 0.15) is 5.76 Å². The number of nitrogens with zero attached hydrogens (tertiary/aromatic N) is 1. The van der Waals surface area contributed by atoms with Crippen molar-refractivity contribution in [2.45, 2.75) is 38.6 Å². The van der Waals surface area contributed by atoms with Crippen LogP contribution in [0.1, 0.15) is 51.5 Å². The second kappa shape index (κ2) is 6.16. The molecule has 124 valence electrons. The molecule has 0 aromatic carbocycles. The van der Waals surface area contributed by atoms with Gasteiger partial charge in [0.05, 0.1) is 31.2 Å². The maximum Gasteiger partial charge on any atom is 0.305 e. The van der Waals surface area contributed by atoms with E-state index in [4.69, 9.17) is 14.3 Å². The van der Waals surface area contributed by atoms with Crippen LogP contribution < -0.4 is 0 Å². The molecule has 1 N–H and O–H groups in total. The maximum atomic E-state index is 12.8. The van der Waals surface area contributed by atoms with Gasteiger partial charge in [-0.15, -0.1) is 0 Å². The van der Waals surface area contributed by atoms with E-state index in [2.05, 4.69) is 0 Å². The highest BCUT2D eigenvalue weighted by Gasteiger charge is 2.35. The highest BCUT2D eigenvalue weighted by molar-refractivity contribution is 6.03. The smallest absolute Gasteiger partial charge is 0.305 e. The Morgan fingerprint density at radius 2 is 2.13 bits per heavy atom. The number of hydrogen-bond donors (Lipinski definition) is 1. The minimum absolute atomic E-state index is 0.00983. The van der Waals surface area contributed by atoms with Crippen LogP contribution in [0.15, 0.2) is 4.42 Å². The van der Waals surface area contributed by atoms with Crippen molar-refractivity contribution in [3.05, 3.63) is 22.6 Å². The Labute approximate surface area is 133 Å². The number of carboxylic acid groups (broad SMARTS) is 1. The third kappa shape index (κ3) is 2.88. The molecule has 2 aliphatic rings. The number of rotatable bonds is 3. The van der Waals surface area contributed by atoms with Crippen molar-refractivity contribution in [2.75, 3.05) is 19.8 Å². The Morgan fingerprint density at radius 1 is 1.35 bits per heavy atom. The van der Waals surface area contributed by atoms with Crippen molar-refractivity contribution < 1.29 is 28.6 Å². The number of ether oxygens (including phenoxy) is 1. The molecule has 1 aliphatic carbocycles. The molecule has 1 amide bonds. The monoisotopic (exact) mass is 321 g/mol. The van der Waals surface area contributed by atoms with Gasteiger partial charge in [-0.1, -0.05) is 0 Å². The van der Waals surface area contributed by atoms with E-state index >= 15 is 0 Å². The first-order valence-corrected chi connectivity index (χ1v) is 7.75. The number of Topliss-reactive ketones (excluding diaryl/α,β-unsaturated/α-hetero) is 1. The number of fused-ring (bicyclic) bond motifs is 1. The molecular weight excluding hydrogens is 302 g/mol. The maximum absolute atomic E-state index is 12.8. The minimum Gasteiger partial charge on any atom is -0.481 e. The molecule has 1 aromatic rings.